The van der Waals surface area contributed by atoms with Crippen LogP contribution in [-0.2, 0) is 0 Å². The summed E-state index contributed by atoms with van der Waals surface area (Å²) in [5, 5.41) is 10.5. The summed E-state index contributed by atoms with van der Waals surface area (Å²) in [6.07, 6.45) is 15.4. The summed E-state index contributed by atoms with van der Waals surface area (Å²) in [5.74, 6) is 6.92. The third-order valence-corrected chi connectivity index (χ3v) is 11.4. The SMILES string of the molecule is CC(C)CCC[C@H](C)[C@H]1CC[C@H]2[C@@H]3CC[C@@H]4[C@@H](C)[C@@H](O)CC[C@]4(C)[C@H]3CC[C@]12C. The van der Waals surface area contributed by atoms with Gasteiger partial charge >= 0.3 is 0 Å². The van der Waals surface area contributed by atoms with Crippen molar-refractivity contribution in [3.05, 3.63) is 0 Å². The number of rotatable bonds is 5. The van der Waals surface area contributed by atoms with Gasteiger partial charge in [0, 0.05) is 0 Å². The molecule has 4 aliphatic rings. The fourth-order valence-electron chi connectivity index (χ4n) is 9.73. The van der Waals surface area contributed by atoms with E-state index in [0.717, 1.165) is 47.8 Å². The standard InChI is InChI=1S/C28H50O/c1-18(2)8-7-9-19(3)22-12-13-24-21-10-11-23-20(4)26(29)15-17-28(23,6)25(21)14-16-27(22,24)5/h18-26,29H,7-17H2,1-6H3/t19-,20+,21-,22+,23+,24-,25-,26-,27+,28-/m0/s1. The van der Waals surface area contributed by atoms with Gasteiger partial charge in [-0.05, 0) is 110 Å². The minimum atomic E-state index is -0.0407. The van der Waals surface area contributed by atoms with Crippen molar-refractivity contribution in [2.75, 3.05) is 0 Å². The van der Waals surface area contributed by atoms with E-state index in [4.69, 9.17) is 0 Å². The van der Waals surface area contributed by atoms with Crippen molar-refractivity contribution in [3.8, 4) is 0 Å². The smallest absolute Gasteiger partial charge is 0.0568 e. The summed E-state index contributed by atoms with van der Waals surface area (Å²) < 4.78 is 0. The van der Waals surface area contributed by atoms with Crippen LogP contribution >= 0.6 is 0 Å². The number of hydrogen-bond donors (Lipinski definition) is 1. The Morgan fingerprint density at radius 2 is 1.45 bits per heavy atom. The van der Waals surface area contributed by atoms with Crippen LogP contribution in [0.15, 0.2) is 0 Å². The molecule has 1 heteroatoms. The molecular formula is C28H50O. The van der Waals surface area contributed by atoms with Gasteiger partial charge in [0.1, 0.15) is 0 Å². The zero-order valence-corrected chi connectivity index (χ0v) is 20.4. The van der Waals surface area contributed by atoms with Gasteiger partial charge in [-0.25, -0.2) is 0 Å². The molecule has 0 aromatic heterocycles. The molecule has 0 spiro atoms. The molecule has 0 aromatic rings. The van der Waals surface area contributed by atoms with E-state index in [0.29, 0.717) is 16.7 Å². The quantitative estimate of drug-likeness (QED) is 0.499. The maximum atomic E-state index is 10.5. The van der Waals surface area contributed by atoms with Gasteiger partial charge < -0.3 is 5.11 Å². The first-order valence-electron chi connectivity index (χ1n) is 13.4. The number of aliphatic hydroxyl groups excluding tert-OH is 1. The van der Waals surface area contributed by atoms with Gasteiger partial charge in [-0.2, -0.15) is 0 Å². The molecule has 0 bridgehead atoms. The van der Waals surface area contributed by atoms with Crippen LogP contribution in [0.1, 0.15) is 112 Å². The Morgan fingerprint density at radius 3 is 2.17 bits per heavy atom. The van der Waals surface area contributed by atoms with Crippen LogP contribution in [-0.4, -0.2) is 11.2 Å². The van der Waals surface area contributed by atoms with Crippen molar-refractivity contribution < 1.29 is 5.11 Å². The van der Waals surface area contributed by atoms with Crippen LogP contribution in [0.25, 0.3) is 0 Å². The van der Waals surface area contributed by atoms with E-state index in [2.05, 4.69) is 41.5 Å². The van der Waals surface area contributed by atoms with Gasteiger partial charge in [0.05, 0.1) is 6.10 Å². The fourth-order valence-corrected chi connectivity index (χ4v) is 9.73. The number of aliphatic hydroxyl groups is 1. The van der Waals surface area contributed by atoms with E-state index in [1.54, 1.807) is 0 Å². The predicted octanol–water partition coefficient (Wildman–Crippen LogP) is 7.71. The van der Waals surface area contributed by atoms with E-state index >= 15 is 0 Å². The van der Waals surface area contributed by atoms with E-state index in [1.807, 2.05) is 0 Å². The first-order chi connectivity index (χ1) is 13.7. The summed E-state index contributed by atoms with van der Waals surface area (Å²) in [6, 6.07) is 0. The van der Waals surface area contributed by atoms with E-state index in [1.165, 1.54) is 64.2 Å². The first kappa shape index (κ1) is 22.2. The molecular weight excluding hydrogens is 352 g/mol. The largest absolute Gasteiger partial charge is 0.393 e. The van der Waals surface area contributed by atoms with E-state index in [9.17, 15) is 5.11 Å². The molecule has 0 amide bonds. The summed E-state index contributed by atoms with van der Waals surface area (Å²) in [5.41, 5.74) is 1.12. The molecule has 29 heavy (non-hydrogen) atoms. The highest BCUT2D eigenvalue weighted by Gasteiger charge is 2.61. The van der Waals surface area contributed by atoms with Crippen molar-refractivity contribution in [2.45, 2.75) is 118 Å². The van der Waals surface area contributed by atoms with Gasteiger partial charge in [0.2, 0.25) is 0 Å². The van der Waals surface area contributed by atoms with Crippen molar-refractivity contribution in [1.29, 1.82) is 0 Å². The molecule has 0 unspecified atom stereocenters. The molecule has 4 saturated carbocycles. The molecule has 0 heterocycles. The van der Waals surface area contributed by atoms with Gasteiger partial charge in [-0.15, -0.1) is 0 Å². The average Bonchev–Trinajstić information content (AvgIpc) is 3.02. The number of hydrogen-bond acceptors (Lipinski definition) is 1. The molecule has 0 aromatic carbocycles. The van der Waals surface area contributed by atoms with Gasteiger partial charge in [-0.3, -0.25) is 0 Å². The average molecular weight is 403 g/mol. The third kappa shape index (κ3) is 3.64. The second kappa shape index (κ2) is 8.14. The van der Waals surface area contributed by atoms with Crippen LogP contribution in [0.2, 0.25) is 0 Å². The zero-order valence-electron chi connectivity index (χ0n) is 20.4. The number of fused-ring (bicyclic) bond motifs is 5. The van der Waals surface area contributed by atoms with Crippen molar-refractivity contribution >= 4 is 0 Å². The normalized spacial score (nSPS) is 50.7. The molecule has 1 nitrogen and oxygen atoms in total. The van der Waals surface area contributed by atoms with Crippen molar-refractivity contribution in [3.63, 3.8) is 0 Å². The highest BCUT2D eigenvalue weighted by molar-refractivity contribution is 5.10. The zero-order chi connectivity index (χ0) is 21.0. The molecule has 4 aliphatic carbocycles. The topological polar surface area (TPSA) is 20.2 Å². The molecule has 0 aliphatic heterocycles. The second-order valence-electron chi connectivity index (χ2n) is 13.1. The highest BCUT2D eigenvalue weighted by Crippen LogP contribution is 2.68. The predicted molar refractivity (Wildman–Crippen MR) is 124 cm³/mol. The third-order valence-electron chi connectivity index (χ3n) is 11.4. The molecule has 1 N–H and O–H groups in total. The Kier molecular flexibility index (Phi) is 6.22. The molecule has 168 valence electrons. The molecule has 0 saturated heterocycles. The van der Waals surface area contributed by atoms with Crippen LogP contribution in [0.5, 0.6) is 0 Å². The minimum Gasteiger partial charge on any atom is -0.393 e. The van der Waals surface area contributed by atoms with Crippen LogP contribution < -0.4 is 0 Å². The second-order valence-corrected chi connectivity index (χ2v) is 13.1. The molecule has 10 atom stereocenters. The Balaban J connectivity index is 1.48. The van der Waals surface area contributed by atoms with E-state index < -0.39 is 0 Å². The van der Waals surface area contributed by atoms with Gasteiger partial charge in [0.25, 0.3) is 0 Å². The summed E-state index contributed by atoms with van der Waals surface area (Å²) in [6.45, 7) is 15.0. The molecule has 0 radical (unpaired) electrons. The lowest BCUT2D eigenvalue weighted by Crippen LogP contribution is -2.56. The Labute approximate surface area is 181 Å². The van der Waals surface area contributed by atoms with Gasteiger partial charge in [-0.1, -0.05) is 60.8 Å². The lowest BCUT2D eigenvalue weighted by atomic mass is 9.43. The monoisotopic (exact) mass is 402 g/mol. The fraction of sp³-hybridized carbons (Fsp3) is 1.00. The summed E-state index contributed by atoms with van der Waals surface area (Å²) in [7, 11) is 0. The Morgan fingerprint density at radius 1 is 0.793 bits per heavy atom. The van der Waals surface area contributed by atoms with Crippen molar-refractivity contribution in [1.82, 2.24) is 0 Å². The minimum absolute atomic E-state index is 0.0407. The Hall–Kier alpha value is -0.0400. The van der Waals surface area contributed by atoms with Crippen LogP contribution in [0, 0.1) is 58.2 Å². The lowest BCUT2D eigenvalue weighted by Gasteiger charge is -2.62. The van der Waals surface area contributed by atoms with E-state index in [-0.39, 0.29) is 6.10 Å². The van der Waals surface area contributed by atoms with Crippen LogP contribution in [0.3, 0.4) is 0 Å². The highest BCUT2D eigenvalue weighted by atomic mass is 16.3. The summed E-state index contributed by atoms with van der Waals surface area (Å²) in [4.78, 5) is 0. The first-order valence-corrected chi connectivity index (χ1v) is 13.4. The maximum absolute atomic E-state index is 10.5. The van der Waals surface area contributed by atoms with Crippen molar-refractivity contribution in [2.24, 2.45) is 58.2 Å². The lowest BCUT2D eigenvalue weighted by molar-refractivity contribution is -0.149. The summed E-state index contributed by atoms with van der Waals surface area (Å²) >= 11 is 0. The molecule has 4 rings (SSSR count). The molecule has 4 fully saturated rings. The van der Waals surface area contributed by atoms with Gasteiger partial charge in [0.15, 0.2) is 0 Å². The maximum Gasteiger partial charge on any atom is 0.0568 e. The van der Waals surface area contributed by atoms with Crippen LogP contribution in [0.4, 0.5) is 0 Å². The Bertz CT molecular complexity index is 569.